The van der Waals surface area contributed by atoms with E-state index in [9.17, 15) is 9.90 Å². The van der Waals surface area contributed by atoms with E-state index in [1.807, 2.05) is 6.92 Å². The lowest BCUT2D eigenvalue weighted by molar-refractivity contribution is 0.0296. The Kier molecular flexibility index (Phi) is 2.96. The molecule has 5 heteroatoms. The zero-order valence-electron chi connectivity index (χ0n) is 9.51. The molecule has 0 radical (unpaired) electrons. The van der Waals surface area contributed by atoms with Gasteiger partial charge in [-0.05, 0) is 19.3 Å². The lowest BCUT2D eigenvalue weighted by Gasteiger charge is -2.34. The van der Waals surface area contributed by atoms with Crippen molar-refractivity contribution in [3.8, 4) is 0 Å². The van der Waals surface area contributed by atoms with Crippen molar-refractivity contribution in [1.29, 1.82) is 0 Å². The van der Waals surface area contributed by atoms with Gasteiger partial charge >= 0.3 is 0 Å². The second-order valence-corrected chi connectivity index (χ2v) is 4.38. The lowest BCUT2D eigenvalue weighted by atomic mass is 9.96. The van der Waals surface area contributed by atoms with Crippen molar-refractivity contribution in [2.45, 2.75) is 26.4 Å². The van der Waals surface area contributed by atoms with E-state index in [1.54, 1.807) is 11.8 Å². The van der Waals surface area contributed by atoms with Crippen molar-refractivity contribution < 1.29 is 14.4 Å². The van der Waals surface area contributed by atoms with Gasteiger partial charge in [0.25, 0.3) is 5.91 Å². The molecule has 1 amide bonds. The highest BCUT2D eigenvalue weighted by Gasteiger charge is 2.29. The molecule has 88 valence electrons. The zero-order valence-corrected chi connectivity index (χ0v) is 9.51. The van der Waals surface area contributed by atoms with Crippen LogP contribution >= 0.6 is 0 Å². The molecule has 0 aliphatic carbocycles. The van der Waals surface area contributed by atoms with E-state index in [-0.39, 0.29) is 17.9 Å². The summed E-state index contributed by atoms with van der Waals surface area (Å²) < 4.78 is 4.88. The molecule has 1 aliphatic rings. The van der Waals surface area contributed by atoms with Crippen LogP contribution in [-0.2, 0) is 0 Å². The van der Waals surface area contributed by atoms with Gasteiger partial charge in [-0.3, -0.25) is 4.79 Å². The smallest absolute Gasteiger partial charge is 0.259 e. The number of hydrogen-bond donors (Lipinski definition) is 1. The van der Waals surface area contributed by atoms with Crippen LogP contribution in [0.5, 0.6) is 0 Å². The van der Waals surface area contributed by atoms with Crippen LogP contribution in [0.15, 0.2) is 10.7 Å². The standard InChI is InChI=1S/C11H16N2O3/c1-7-6-13(4-3-10(7)14)11(15)9-5-12-16-8(9)2/h5,7,10,14H,3-4,6H2,1-2H3. The molecule has 16 heavy (non-hydrogen) atoms. The number of aromatic nitrogens is 1. The molecule has 2 heterocycles. The first kappa shape index (κ1) is 11.1. The van der Waals surface area contributed by atoms with Gasteiger partial charge < -0.3 is 14.5 Å². The first-order valence-electron chi connectivity index (χ1n) is 5.48. The van der Waals surface area contributed by atoms with Crippen LogP contribution in [0.25, 0.3) is 0 Å². The number of nitrogens with zero attached hydrogens (tertiary/aromatic N) is 2. The Morgan fingerprint density at radius 1 is 1.69 bits per heavy atom. The Morgan fingerprint density at radius 3 is 3.00 bits per heavy atom. The Bertz CT molecular complexity index is 388. The first-order valence-corrected chi connectivity index (χ1v) is 5.48. The predicted molar refractivity (Wildman–Crippen MR) is 56.9 cm³/mol. The number of carbonyl (C=O) groups excluding carboxylic acids is 1. The minimum atomic E-state index is -0.298. The van der Waals surface area contributed by atoms with E-state index >= 15 is 0 Å². The molecule has 1 fully saturated rings. The van der Waals surface area contributed by atoms with Crippen LogP contribution in [0, 0.1) is 12.8 Å². The molecule has 2 rings (SSSR count). The average molecular weight is 224 g/mol. The lowest BCUT2D eigenvalue weighted by Crippen LogP contribution is -2.45. The maximum Gasteiger partial charge on any atom is 0.259 e. The van der Waals surface area contributed by atoms with E-state index in [1.165, 1.54) is 6.20 Å². The molecular formula is C11H16N2O3. The number of aliphatic hydroxyl groups is 1. The number of likely N-dealkylation sites (tertiary alicyclic amines) is 1. The van der Waals surface area contributed by atoms with Crippen molar-refractivity contribution >= 4 is 5.91 Å². The first-order chi connectivity index (χ1) is 7.59. The largest absolute Gasteiger partial charge is 0.393 e. The summed E-state index contributed by atoms with van der Waals surface area (Å²) in [6.07, 6.45) is 1.79. The van der Waals surface area contributed by atoms with Gasteiger partial charge in [0.1, 0.15) is 11.3 Å². The summed E-state index contributed by atoms with van der Waals surface area (Å²) in [6.45, 7) is 4.85. The van der Waals surface area contributed by atoms with Gasteiger partial charge in [-0.25, -0.2) is 0 Å². The Hall–Kier alpha value is -1.36. The third-order valence-electron chi connectivity index (χ3n) is 3.13. The van der Waals surface area contributed by atoms with Crippen molar-refractivity contribution in [1.82, 2.24) is 10.1 Å². The topological polar surface area (TPSA) is 66.6 Å². The van der Waals surface area contributed by atoms with Gasteiger partial charge in [-0.2, -0.15) is 0 Å². The van der Waals surface area contributed by atoms with Gasteiger partial charge in [0, 0.05) is 13.1 Å². The molecule has 0 aromatic carbocycles. The Morgan fingerprint density at radius 2 is 2.44 bits per heavy atom. The molecule has 1 aromatic heterocycles. The highest BCUT2D eigenvalue weighted by atomic mass is 16.5. The molecular weight excluding hydrogens is 208 g/mol. The highest BCUT2D eigenvalue weighted by Crippen LogP contribution is 2.19. The number of amides is 1. The maximum absolute atomic E-state index is 12.1. The summed E-state index contributed by atoms with van der Waals surface area (Å²) in [5.74, 6) is 0.610. The fourth-order valence-electron chi connectivity index (χ4n) is 1.99. The molecule has 1 saturated heterocycles. The summed E-state index contributed by atoms with van der Waals surface area (Å²) >= 11 is 0. The van der Waals surface area contributed by atoms with Crippen molar-refractivity contribution in [2.75, 3.05) is 13.1 Å². The van der Waals surface area contributed by atoms with Crippen molar-refractivity contribution in [2.24, 2.45) is 5.92 Å². The minimum Gasteiger partial charge on any atom is -0.393 e. The highest BCUT2D eigenvalue weighted by molar-refractivity contribution is 5.94. The van der Waals surface area contributed by atoms with E-state index in [0.29, 0.717) is 30.8 Å². The van der Waals surface area contributed by atoms with Gasteiger partial charge in [0.15, 0.2) is 0 Å². The maximum atomic E-state index is 12.1. The molecule has 0 saturated carbocycles. The number of piperidine rings is 1. The fourth-order valence-corrected chi connectivity index (χ4v) is 1.99. The van der Waals surface area contributed by atoms with E-state index in [0.717, 1.165) is 0 Å². The molecule has 1 aliphatic heterocycles. The van der Waals surface area contributed by atoms with Crippen LogP contribution in [0.4, 0.5) is 0 Å². The number of carbonyl (C=O) groups is 1. The molecule has 0 bridgehead atoms. The second-order valence-electron chi connectivity index (χ2n) is 4.38. The predicted octanol–water partition coefficient (Wildman–Crippen LogP) is 0.826. The van der Waals surface area contributed by atoms with Crippen LogP contribution in [-0.4, -0.2) is 40.3 Å². The molecule has 2 atom stereocenters. The van der Waals surface area contributed by atoms with Crippen LogP contribution in [0.1, 0.15) is 29.5 Å². The van der Waals surface area contributed by atoms with Crippen molar-refractivity contribution in [3.05, 3.63) is 17.5 Å². The zero-order chi connectivity index (χ0) is 11.7. The second kappa shape index (κ2) is 4.25. The van der Waals surface area contributed by atoms with Gasteiger partial charge in [0.2, 0.25) is 0 Å². The van der Waals surface area contributed by atoms with Gasteiger partial charge in [-0.1, -0.05) is 12.1 Å². The van der Waals surface area contributed by atoms with Crippen LogP contribution in [0.3, 0.4) is 0 Å². The van der Waals surface area contributed by atoms with E-state index in [2.05, 4.69) is 5.16 Å². The molecule has 1 aromatic rings. The van der Waals surface area contributed by atoms with Gasteiger partial charge in [0.05, 0.1) is 12.3 Å². The minimum absolute atomic E-state index is 0.0579. The summed E-state index contributed by atoms with van der Waals surface area (Å²) in [5, 5.41) is 13.2. The summed E-state index contributed by atoms with van der Waals surface area (Å²) in [5.41, 5.74) is 0.517. The summed E-state index contributed by atoms with van der Waals surface area (Å²) in [7, 11) is 0. The van der Waals surface area contributed by atoms with Crippen LogP contribution in [0.2, 0.25) is 0 Å². The number of aryl methyl sites for hydroxylation is 1. The monoisotopic (exact) mass is 224 g/mol. The molecule has 1 N–H and O–H groups in total. The molecule has 5 nitrogen and oxygen atoms in total. The number of rotatable bonds is 1. The molecule has 2 unspecified atom stereocenters. The third-order valence-corrected chi connectivity index (χ3v) is 3.13. The SMILES string of the molecule is Cc1oncc1C(=O)N1CCC(O)C(C)C1. The molecule has 0 spiro atoms. The van der Waals surface area contributed by atoms with Crippen molar-refractivity contribution in [3.63, 3.8) is 0 Å². The average Bonchev–Trinajstić information content (AvgIpc) is 2.67. The number of hydrogen-bond acceptors (Lipinski definition) is 4. The Balaban J connectivity index is 2.09. The number of aliphatic hydroxyl groups excluding tert-OH is 1. The third kappa shape index (κ3) is 1.95. The normalized spacial score (nSPS) is 25.8. The Labute approximate surface area is 94.0 Å². The van der Waals surface area contributed by atoms with Crippen LogP contribution < -0.4 is 0 Å². The van der Waals surface area contributed by atoms with E-state index in [4.69, 9.17) is 4.52 Å². The quantitative estimate of drug-likeness (QED) is 0.767. The van der Waals surface area contributed by atoms with E-state index < -0.39 is 0 Å². The summed E-state index contributed by atoms with van der Waals surface area (Å²) in [4.78, 5) is 13.8. The fraction of sp³-hybridized carbons (Fsp3) is 0.636. The van der Waals surface area contributed by atoms with Gasteiger partial charge in [-0.15, -0.1) is 0 Å². The summed E-state index contributed by atoms with van der Waals surface area (Å²) in [6, 6.07) is 0.